The highest BCUT2D eigenvalue weighted by Crippen LogP contribution is 2.36. The van der Waals surface area contributed by atoms with Crippen LogP contribution in [0.4, 0.5) is 23.5 Å². The van der Waals surface area contributed by atoms with Crippen LogP contribution in [-0.4, -0.2) is 45.8 Å². The molecule has 1 aliphatic heterocycles. The average molecular weight is 486 g/mol. The molecule has 0 amide bonds. The zero-order chi connectivity index (χ0) is 24.6. The highest BCUT2D eigenvalue weighted by molar-refractivity contribution is 5.84. The van der Waals surface area contributed by atoms with E-state index in [1.165, 1.54) is 13.2 Å². The van der Waals surface area contributed by atoms with Crippen LogP contribution in [0.3, 0.4) is 0 Å². The lowest BCUT2D eigenvalue weighted by Crippen LogP contribution is -2.38. The normalized spacial score (nSPS) is 16.4. The van der Waals surface area contributed by atoms with E-state index in [-0.39, 0.29) is 17.4 Å². The number of benzene rings is 2. The molecule has 1 fully saturated rings. The molecular formula is C24H22F4N6O. The summed E-state index contributed by atoms with van der Waals surface area (Å²) in [5.74, 6) is 0.167. The van der Waals surface area contributed by atoms with Crippen molar-refractivity contribution < 1.29 is 22.3 Å². The highest BCUT2D eigenvalue weighted by Gasteiger charge is 2.34. The van der Waals surface area contributed by atoms with Crippen molar-refractivity contribution in [2.75, 3.05) is 25.5 Å². The van der Waals surface area contributed by atoms with Crippen LogP contribution < -0.4 is 15.4 Å². The van der Waals surface area contributed by atoms with Crippen molar-refractivity contribution in [3.05, 3.63) is 60.0 Å². The fourth-order valence-corrected chi connectivity index (χ4v) is 4.19. The third-order valence-electron chi connectivity index (χ3n) is 5.89. The molecule has 0 saturated carbocycles. The zero-order valence-corrected chi connectivity index (χ0v) is 18.7. The van der Waals surface area contributed by atoms with Crippen LogP contribution in [0.5, 0.6) is 5.75 Å². The van der Waals surface area contributed by atoms with Gasteiger partial charge >= 0.3 is 6.18 Å². The first kappa shape index (κ1) is 23.0. The first-order valence-electron chi connectivity index (χ1n) is 11.1. The van der Waals surface area contributed by atoms with E-state index < -0.39 is 17.6 Å². The molecular weight excluding hydrogens is 464 g/mol. The predicted octanol–water partition coefficient (Wildman–Crippen LogP) is 4.81. The second-order valence-corrected chi connectivity index (χ2v) is 8.24. The number of rotatable bonds is 5. The quantitative estimate of drug-likeness (QED) is 0.394. The van der Waals surface area contributed by atoms with Gasteiger partial charge in [0.25, 0.3) is 0 Å². The van der Waals surface area contributed by atoms with Gasteiger partial charge in [0.1, 0.15) is 23.2 Å². The molecule has 0 radical (unpaired) electrons. The van der Waals surface area contributed by atoms with Gasteiger partial charge in [0.15, 0.2) is 0 Å². The number of halogens is 4. The minimum absolute atomic E-state index is 0.0958. The lowest BCUT2D eigenvalue weighted by atomic mass is 10.1. The molecule has 0 bridgehead atoms. The van der Waals surface area contributed by atoms with Gasteiger partial charge in [0.2, 0.25) is 5.95 Å². The van der Waals surface area contributed by atoms with Gasteiger partial charge < -0.3 is 15.4 Å². The summed E-state index contributed by atoms with van der Waals surface area (Å²) in [6.45, 7) is 1.74. The number of fused-ring (bicyclic) bond motifs is 1. The van der Waals surface area contributed by atoms with Gasteiger partial charge in [0, 0.05) is 30.4 Å². The van der Waals surface area contributed by atoms with Gasteiger partial charge in [-0.1, -0.05) is 0 Å². The molecule has 35 heavy (non-hydrogen) atoms. The fraction of sp³-hybridized carbons (Fsp3) is 0.292. The molecule has 1 aliphatic rings. The zero-order valence-electron chi connectivity index (χ0n) is 18.7. The van der Waals surface area contributed by atoms with Gasteiger partial charge in [-0.2, -0.15) is 18.2 Å². The number of piperidine rings is 1. The maximum absolute atomic E-state index is 14.0. The van der Waals surface area contributed by atoms with Crippen LogP contribution in [-0.2, 0) is 6.18 Å². The standard InChI is InChI=1S/C24H22F4N6O/c1-35-16-5-7-19-20(12-16)34(21-8-10-30-23(33-21)31-15-3-2-9-29-13-15)22(32-19)14-4-6-18(25)17(11-14)24(26,27)28/h4-8,10-12,15,29H,2-3,9,13H2,1H3,(H,30,31,33)/t15-/m0/s1. The Balaban J connectivity index is 1.66. The van der Waals surface area contributed by atoms with E-state index in [1.54, 1.807) is 35.0 Å². The second-order valence-electron chi connectivity index (χ2n) is 8.24. The van der Waals surface area contributed by atoms with E-state index in [9.17, 15) is 17.6 Å². The Hall–Kier alpha value is -3.73. The first-order valence-corrected chi connectivity index (χ1v) is 11.1. The minimum atomic E-state index is -4.85. The van der Waals surface area contributed by atoms with E-state index >= 15 is 0 Å². The number of nitrogens with one attached hydrogen (secondary N) is 2. The number of ether oxygens (including phenoxy) is 1. The number of anilines is 1. The fourth-order valence-electron chi connectivity index (χ4n) is 4.19. The molecule has 0 aliphatic carbocycles. The van der Waals surface area contributed by atoms with Gasteiger partial charge in [-0.05, 0) is 55.8 Å². The van der Waals surface area contributed by atoms with Gasteiger partial charge in [-0.3, -0.25) is 4.57 Å². The number of aromatic nitrogens is 4. The van der Waals surface area contributed by atoms with Crippen molar-refractivity contribution in [1.29, 1.82) is 0 Å². The van der Waals surface area contributed by atoms with E-state index in [0.717, 1.165) is 38.1 Å². The van der Waals surface area contributed by atoms with Crippen LogP contribution in [0.15, 0.2) is 48.7 Å². The second kappa shape index (κ2) is 9.14. The molecule has 2 aromatic heterocycles. The smallest absolute Gasteiger partial charge is 0.419 e. The summed E-state index contributed by atoms with van der Waals surface area (Å²) in [5.41, 5.74) is -0.177. The van der Waals surface area contributed by atoms with Crippen LogP contribution in [0.25, 0.3) is 28.2 Å². The Bertz CT molecular complexity index is 1360. The summed E-state index contributed by atoms with van der Waals surface area (Å²) in [6.07, 6.45) is -1.28. The number of methoxy groups -OCH3 is 1. The van der Waals surface area contributed by atoms with E-state index in [1.807, 2.05) is 0 Å². The molecule has 0 spiro atoms. The molecule has 5 rings (SSSR count). The Kier molecular flexibility index (Phi) is 6.01. The molecule has 2 aromatic carbocycles. The van der Waals surface area contributed by atoms with Crippen molar-refractivity contribution in [2.45, 2.75) is 25.1 Å². The summed E-state index contributed by atoms with van der Waals surface area (Å²) < 4.78 is 61.2. The monoisotopic (exact) mass is 486 g/mol. The van der Waals surface area contributed by atoms with Gasteiger partial charge in [-0.15, -0.1) is 0 Å². The SMILES string of the molecule is COc1ccc2nc(-c3ccc(F)c(C(F)(F)F)c3)n(-c3ccnc(N[C@H]4CCCNC4)n3)c2c1. The number of nitrogens with zero attached hydrogens (tertiary/aromatic N) is 4. The highest BCUT2D eigenvalue weighted by atomic mass is 19.4. The average Bonchev–Trinajstić information content (AvgIpc) is 3.23. The summed E-state index contributed by atoms with van der Waals surface area (Å²) in [7, 11) is 1.52. The van der Waals surface area contributed by atoms with Crippen molar-refractivity contribution >= 4 is 17.0 Å². The Labute approximate surface area is 198 Å². The third kappa shape index (κ3) is 4.63. The van der Waals surface area contributed by atoms with Crippen LogP contribution in [0.1, 0.15) is 18.4 Å². The number of hydrogen-bond donors (Lipinski definition) is 2. The van der Waals surface area contributed by atoms with E-state index in [4.69, 9.17) is 4.74 Å². The summed E-state index contributed by atoms with van der Waals surface area (Å²) >= 11 is 0. The minimum Gasteiger partial charge on any atom is -0.497 e. The largest absolute Gasteiger partial charge is 0.497 e. The molecule has 1 saturated heterocycles. The van der Waals surface area contributed by atoms with Crippen LogP contribution in [0, 0.1) is 5.82 Å². The van der Waals surface area contributed by atoms with Gasteiger partial charge in [0.05, 0.1) is 23.7 Å². The summed E-state index contributed by atoms with van der Waals surface area (Å²) in [5, 5.41) is 6.63. The topological polar surface area (TPSA) is 76.9 Å². The maximum Gasteiger partial charge on any atom is 0.419 e. The lowest BCUT2D eigenvalue weighted by molar-refractivity contribution is -0.139. The van der Waals surface area contributed by atoms with E-state index in [0.29, 0.717) is 28.5 Å². The van der Waals surface area contributed by atoms with Crippen molar-refractivity contribution in [3.8, 4) is 23.0 Å². The molecule has 1 atom stereocenters. The number of alkyl halides is 3. The first-order chi connectivity index (χ1) is 16.8. The lowest BCUT2D eigenvalue weighted by Gasteiger charge is -2.23. The Morgan fingerprint density at radius 3 is 2.71 bits per heavy atom. The van der Waals surface area contributed by atoms with Gasteiger partial charge in [-0.25, -0.2) is 14.4 Å². The van der Waals surface area contributed by atoms with Crippen molar-refractivity contribution in [1.82, 2.24) is 24.8 Å². The molecule has 7 nitrogen and oxygen atoms in total. The van der Waals surface area contributed by atoms with E-state index in [2.05, 4.69) is 25.6 Å². The predicted molar refractivity (Wildman–Crippen MR) is 123 cm³/mol. The molecule has 182 valence electrons. The van der Waals surface area contributed by atoms with Crippen LogP contribution in [0.2, 0.25) is 0 Å². The maximum atomic E-state index is 14.0. The number of hydrogen-bond acceptors (Lipinski definition) is 6. The molecule has 11 heteroatoms. The summed E-state index contributed by atoms with van der Waals surface area (Å²) in [4.78, 5) is 13.5. The molecule has 0 unspecified atom stereocenters. The molecule has 4 aromatic rings. The molecule has 2 N–H and O–H groups in total. The third-order valence-corrected chi connectivity index (χ3v) is 5.89. The Morgan fingerprint density at radius 2 is 1.97 bits per heavy atom. The number of imidazole rings is 1. The van der Waals surface area contributed by atoms with Crippen molar-refractivity contribution in [2.24, 2.45) is 0 Å². The van der Waals surface area contributed by atoms with Crippen LogP contribution >= 0.6 is 0 Å². The van der Waals surface area contributed by atoms with Crippen molar-refractivity contribution in [3.63, 3.8) is 0 Å². The molecule has 3 heterocycles. The Morgan fingerprint density at radius 1 is 1.11 bits per heavy atom. The summed E-state index contributed by atoms with van der Waals surface area (Å²) in [6, 6.07) is 9.76.